The summed E-state index contributed by atoms with van der Waals surface area (Å²) in [6.45, 7) is 1.85. The first-order chi connectivity index (χ1) is 16.9. The van der Waals surface area contributed by atoms with Gasteiger partial charge in [-0.05, 0) is 55.7 Å². The molecule has 0 aliphatic carbocycles. The van der Waals surface area contributed by atoms with E-state index in [1.807, 2.05) is 42.3 Å². The van der Waals surface area contributed by atoms with Gasteiger partial charge in [0, 0.05) is 39.1 Å². The van der Waals surface area contributed by atoms with Crippen LogP contribution in [-0.2, 0) is 14.8 Å². The fraction of sp³-hybridized carbons (Fsp3) is 0.360. The normalized spacial score (nSPS) is 17.6. The molecule has 5 rings (SSSR count). The molecule has 35 heavy (non-hydrogen) atoms. The smallest absolute Gasteiger partial charge is 0.243 e. The number of sulfonamides is 1. The second kappa shape index (κ2) is 9.24. The summed E-state index contributed by atoms with van der Waals surface area (Å²) in [6, 6.07) is 15.5. The Morgan fingerprint density at radius 1 is 0.943 bits per heavy atom. The molecule has 2 aromatic carbocycles. The van der Waals surface area contributed by atoms with Crippen molar-refractivity contribution in [2.75, 3.05) is 43.0 Å². The lowest BCUT2D eigenvalue weighted by Crippen LogP contribution is -2.45. The van der Waals surface area contributed by atoms with Crippen molar-refractivity contribution in [1.29, 1.82) is 5.26 Å². The Bertz CT molecular complexity index is 1410. The summed E-state index contributed by atoms with van der Waals surface area (Å²) in [5, 5.41) is 8.96. The highest BCUT2D eigenvalue weighted by Crippen LogP contribution is 2.33. The number of amides is 1. The van der Waals surface area contributed by atoms with Crippen molar-refractivity contribution >= 4 is 38.6 Å². The summed E-state index contributed by atoms with van der Waals surface area (Å²) in [5.74, 6) is 0.949. The summed E-state index contributed by atoms with van der Waals surface area (Å²) in [6.07, 6.45) is 1.68. The van der Waals surface area contributed by atoms with Crippen molar-refractivity contribution in [3.05, 3.63) is 54.1 Å². The first-order valence-corrected chi connectivity index (χ1v) is 13.1. The van der Waals surface area contributed by atoms with Gasteiger partial charge in [0.05, 0.1) is 27.6 Å². The Labute approximate surface area is 204 Å². The molecular formula is C25H26N6O3S. The molecule has 0 N–H and O–H groups in total. The standard InChI is InChI=1S/C25H26N6O3S/c1-29-13-4-14-31(24-23(29)27-21-5-2-3-6-22(21)28-24)25(32)19-11-15-30(16-12-19)35(33,34)20-9-7-18(17-26)8-10-20/h2-3,5-10,19H,4,11-16H2,1H3. The van der Waals surface area contributed by atoms with E-state index in [4.69, 9.17) is 15.2 Å². The van der Waals surface area contributed by atoms with Crippen molar-refractivity contribution in [3.63, 3.8) is 0 Å². The van der Waals surface area contributed by atoms with Crippen molar-refractivity contribution in [1.82, 2.24) is 14.3 Å². The zero-order valence-electron chi connectivity index (χ0n) is 19.5. The Morgan fingerprint density at radius 2 is 1.57 bits per heavy atom. The molecule has 2 aliphatic heterocycles. The van der Waals surface area contributed by atoms with Crippen LogP contribution in [0.4, 0.5) is 11.6 Å². The fourth-order valence-electron chi connectivity index (χ4n) is 4.72. The van der Waals surface area contributed by atoms with E-state index in [9.17, 15) is 13.2 Å². The number of hydrogen-bond acceptors (Lipinski definition) is 7. The highest BCUT2D eigenvalue weighted by atomic mass is 32.2. The predicted molar refractivity (Wildman–Crippen MR) is 132 cm³/mol. The molecule has 9 nitrogen and oxygen atoms in total. The van der Waals surface area contributed by atoms with Crippen molar-refractivity contribution in [2.45, 2.75) is 24.2 Å². The molecule has 180 valence electrons. The average molecular weight is 491 g/mol. The molecule has 3 heterocycles. The first-order valence-electron chi connectivity index (χ1n) is 11.7. The Kier molecular flexibility index (Phi) is 6.13. The van der Waals surface area contributed by atoms with Gasteiger partial charge in [-0.25, -0.2) is 18.4 Å². The van der Waals surface area contributed by atoms with Crippen molar-refractivity contribution in [2.24, 2.45) is 5.92 Å². The lowest BCUT2D eigenvalue weighted by atomic mass is 9.96. The number of anilines is 2. The van der Waals surface area contributed by atoms with Gasteiger partial charge < -0.3 is 4.90 Å². The van der Waals surface area contributed by atoms with E-state index in [0.29, 0.717) is 36.6 Å². The Morgan fingerprint density at radius 3 is 2.20 bits per heavy atom. The number of para-hydroxylation sites is 2. The van der Waals surface area contributed by atoms with Crippen LogP contribution < -0.4 is 9.80 Å². The van der Waals surface area contributed by atoms with Gasteiger partial charge in [-0.3, -0.25) is 9.69 Å². The summed E-state index contributed by atoms with van der Waals surface area (Å²) in [5.41, 5.74) is 1.93. The zero-order valence-corrected chi connectivity index (χ0v) is 20.3. The van der Waals surface area contributed by atoms with Gasteiger partial charge in [-0.1, -0.05) is 12.1 Å². The van der Waals surface area contributed by atoms with Crippen LogP contribution in [-0.4, -0.2) is 61.8 Å². The number of fused-ring (bicyclic) bond motifs is 2. The number of nitriles is 1. The third-order valence-corrected chi connectivity index (χ3v) is 8.63. The monoisotopic (exact) mass is 490 g/mol. The fourth-order valence-corrected chi connectivity index (χ4v) is 6.19. The molecule has 0 radical (unpaired) electrons. The Hall–Kier alpha value is -3.55. The van der Waals surface area contributed by atoms with Crippen LogP contribution >= 0.6 is 0 Å². The maximum atomic E-state index is 13.6. The number of hydrogen-bond donors (Lipinski definition) is 0. The molecule has 1 fully saturated rings. The van der Waals surface area contributed by atoms with Gasteiger partial charge in [-0.2, -0.15) is 9.57 Å². The number of carbonyl (C=O) groups is 1. The van der Waals surface area contributed by atoms with E-state index < -0.39 is 10.0 Å². The van der Waals surface area contributed by atoms with Crippen LogP contribution in [0.1, 0.15) is 24.8 Å². The van der Waals surface area contributed by atoms with E-state index in [1.165, 1.54) is 28.6 Å². The van der Waals surface area contributed by atoms with E-state index in [1.54, 1.807) is 4.90 Å². The SMILES string of the molecule is CN1CCCN(C(=O)C2CCN(S(=O)(=O)c3ccc(C#N)cc3)CC2)c2nc3ccccc3nc21. The summed E-state index contributed by atoms with van der Waals surface area (Å²) in [4.78, 5) is 27.2. The molecule has 1 amide bonds. The molecule has 0 unspecified atom stereocenters. The van der Waals surface area contributed by atoms with Gasteiger partial charge in [0.1, 0.15) is 0 Å². The summed E-state index contributed by atoms with van der Waals surface area (Å²) < 4.78 is 27.5. The van der Waals surface area contributed by atoms with Crippen molar-refractivity contribution < 1.29 is 13.2 Å². The van der Waals surface area contributed by atoms with E-state index >= 15 is 0 Å². The highest BCUT2D eigenvalue weighted by molar-refractivity contribution is 7.89. The molecule has 2 aliphatic rings. The minimum Gasteiger partial charge on any atom is -0.357 e. The molecule has 0 atom stereocenters. The predicted octanol–water partition coefficient (Wildman–Crippen LogP) is 2.78. The molecule has 1 saturated heterocycles. The second-order valence-electron chi connectivity index (χ2n) is 8.94. The van der Waals surface area contributed by atoms with E-state index in [2.05, 4.69) is 0 Å². The number of rotatable bonds is 3. The van der Waals surface area contributed by atoms with Crippen LogP contribution in [0, 0.1) is 17.2 Å². The lowest BCUT2D eigenvalue weighted by Gasteiger charge is -2.33. The Balaban J connectivity index is 1.35. The third-order valence-electron chi connectivity index (χ3n) is 6.72. The van der Waals surface area contributed by atoms with E-state index in [0.717, 1.165) is 24.0 Å². The van der Waals surface area contributed by atoms with Gasteiger partial charge in [0.15, 0.2) is 11.6 Å². The minimum absolute atomic E-state index is 0.0263. The molecule has 0 spiro atoms. The average Bonchev–Trinajstić information content (AvgIpc) is 3.05. The van der Waals surface area contributed by atoms with Crippen LogP contribution in [0.25, 0.3) is 11.0 Å². The molecule has 3 aromatic rings. The number of nitrogens with zero attached hydrogens (tertiary/aromatic N) is 6. The van der Waals surface area contributed by atoms with Crippen LogP contribution in [0.3, 0.4) is 0 Å². The number of benzene rings is 2. The molecule has 0 bridgehead atoms. The number of piperidine rings is 1. The summed E-state index contributed by atoms with van der Waals surface area (Å²) in [7, 11) is -1.72. The summed E-state index contributed by atoms with van der Waals surface area (Å²) >= 11 is 0. The quantitative estimate of drug-likeness (QED) is 0.555. The second-order valence-corrected chi connectivity index (χ2v) is 10.9. The van der Waals surface area contributed by atoms with Gasteiger partial charge in [0.25, 0.3) is 0 Å². The van der Waals surface area contributed by atoms with Gasteiger partial charge >= 0.3 is 0 Å². The maximum Gasteiger partial charge on any atom is 0.243 e. The largest absolute Gasteiger partial charge is 0.357 e. The molecular weight excluding hydrogens is 464 g/mol. The lowest BCUT2D eigenvalue weighted by molar-refractivity contribution is -0.123. The van der Waals surface area contributed by atoms with Crippen LogP contribution in [0.2, 0.25) is 0 Å². The van der Waals surface area contributed by atoms with Crippen LogP contribution in [0.15, 0.2) is 53.4 Å². The van der Waals surface area contributed by atoms with Crippen LogP contribution in [0.5, 0.6) is 0 Å². The minimum atomic E-state index is -3.68. The van der Waals surface area contributed by atoms with Gasteiger partial charge in [0.2, 0.25) is 15.9 Å². The number of carbonyl (C=O) groups excluding carboxylic acids is 1. The number of aromatic nitrogens is 2. The van der Waals surface area contributed by atoms with E-state index in [-0.39, 0.29) is 29.8 Å². The zero-order chi connectivity index (χ0) is 24.6. The first kappa shape index (κ1) is 23.2. The van der Waals surface area contributed by atoms with Gasteiger partial charge in [-0.15, -0.1) is 0 Å². The molecule has 0 saturated carbocycles. The van der Waals surface area contributed by atoms with Crippen molar-refractivity contribution in [3.8, 4) is 6.07 Å². The highest BCUT2D eigenvalue weighted by Gasteiger charge is 2.36. The third kappa shape index (κ3) is 4.33. The molecule has 10 heteroatoms. The maximum absolute atomic E-state index is 13.6. The molecule has 1 aromatic heterocycles. The topological polar surface area (TPSA) is 110 Å².